The van der Waals surface area contributed by atoms with Crippen LogP contribution < -0.4 is 0 Å². The van der Waals surface area contributed by atoms with Gasteiger partial charge in [0.25, 0.3) is 0 Å². The molecule has 4 heteroatoms. The number of hydrogen-bond donors (Lipinski definition) is 2. The molecule has 0 bridgehead atoms. The largest absolute Gasteiger partial charge is 0.491 e. The summed E-state index contributed by atoms with van der Waals surface area (Å²) in [5, 5.41) is 19.5. The highest BCUT2D eigenvalue weighted by molar-refractivity contribution is 6.65. The lowest BCUT2D eigenvalue weighted by molar-refractivity contribution is 0.425. The van der Waals surface area contributed by atoms with Gasteiger partial charge in [-0.2, -0.15) is 0 Å². The molecule has 0 saturated heterocycles. The SMILES string of the molecule is C/C=C(/B(O)O)c1oc2ccccc2c1C. The third kappa shape index (κ3) is 1.66. The minimum atomic E-state index is -1.51. The highest BCUT2D eigenvalue weighted by atomic mass is 16.4. The first-order valence-corrected chi connectivity index (χ1v) is 5.16. The Morgan fingerprint density at radius 2 is 2.00 bits per heavy atom. The van der Waals surface area contributed by atoms with E-state index in [1.165, 1.54) is 0 Å². The summed E-state index contributed by atoms with van der Waals surface area (Å²) in [5.74, 6) is 0.540. The summed E-state index contributed by atoms with van der Waals surface area (Å²) in [6.07, 6.45) is 1.65. The summed E-state index contributed by atoms with van der Waals surface area (Å²) >= 11 is 0. The van der Waals surface area contributed by atoms with Crippen molar-refractivity contribution in [3.63, 3.8) is 0 Å². The van der Waals surface area contributed by atoms with Crippen molar-refractivity contribution in [2.75, 3.05) is 0 Å². The lowest BCUT2D eigenvalue weighted by Crippen LogP contribution is -2.14. The lowest BCUT2D eigenvalue weighted by atomic mass is 9.76. The number of fused-ring (bicyclic) bond motifs is 1. The molecule has 0 unspecified atom stereocenters. The minimum Gasteiger partial charge on any atom is -0.457 e. The van der Waals surface area contributed by atoms with Crippen molar-refractivity contribution >= 4 is 23.6 Å². The summed E-state index contributed by atoms with van der Waals surface area (Å²) in [7, 11) is -1.51. The molecular weight excluding hydrogens is 203 g/mol. The van der Waals surface area contributed by atoms with Crippen LogP contribution in [0.2, 0.25) is 0 Å². The Bertz CT molecular complexity index is 540. The van der Waals surface area contributed by atoms with Gasteiger partial charge in [-0.1, -0.05) is 24.3 Å². The molecule has 0 spiro atoms. The fourth-order valence-corrected chi connectivity index (χ4v) is 1.85. The topological polar surface area (TPSA) is 53.6 Å². The summed E-state index contributed by atoms with van der Waals surface area (Å²) in [6, 6.07) is 7.64. The maximum absolute atomic E-state index is 9.24. The van der Waals surface area contributed by atoms with E-state index in [1.807, 2.05) is 31.2 Å². The number of furan rings is 1. The second-order valence-corrected chi connectivity index (χ2v) is 3.67. The highest BCUT2D eigenvalue weighted by Gasteiger charge is 2.22. The van der Waals surface area contributed by atoms with Crippen LogP contribution in [0, 0.1) is 6.92 Å². The fourth-order valence-electron chi connectivity index (χ4n) is 1.85. The van der Waals surface area contributed by atoms with Crippen LogP contribution in [0.25, 0.3) is 16.4 Å². The van der Waals surface area contributed by atoms with Crippen molar-refractivity contribution in [2.45, 2.75) is 13.8 Å². The van der Waals surface area contributed by atoms with Gasteiger partial charge in [0.15, 0.2) is 0 Å². The van der Waals surface area contributed by atoms with Gasteiger partial charge in [0.2, 0.25) is 0 Å². The molecule has 0 aliphatic rings. The lowest BCUT2D eigenvalue weighted by Gasteiger charge is -2.02. The molecule has 0 fully saturated rings. The van der Waals surface area contributed by atoms with Gasteiger partial charge < -0.3 is 14.5 Å². The summed E-state index contributed by atoms with van der Waals surface area (Å²) < 4.78 is 5.62. The average molecular weight is 216 g/mol. The maximum atomic E-state index is 9.24. The molecule has 0 saturated carbocycles. The second-order valence-electron chi connectivity index (χ2n) is 3.67. The molecular formula is C12H13BO3. The van der Waals surface area contributed by atoms with E-state index >= 15 is 0 Å². The second kappa shape index (κ2) is 4.16. The van der Waals surface area contributed by atoms with Crippen molar-refractivity contribution in [1.29, 1.82) is 0 Å². The molecule has 3 nitrogen and oxygen atoms in total. The van der Waals surface area contributed by atoms with Crippen molar-refractivity contribution in [2.24, 2.45) is 0 Å². The number of hydrogen-bond acceptors (Lipinski definition) is 3. The normalized spacial score (nSPS) is 12.1. The Hall–Kier alpha value is -1.52. The van der Waals surface area contributed by atoms with E-state index < -0.39 is 7.12 Å². The van der Waals surface area contributed by atoms with Gasteiger partial charge in [-0.15, -0.1) is 0 Å². The zero-order valence-corrected chi connectivity index (χ0v) is 9.27. The maximum Gasteiger partial charge on any atom is 0.491 e. The molecule has 0 atom stereocenters. The monoisotopic (exact) mass is 216 g/mol. The van der Waals surface area contributed by atoms with E-state index in [-0.39, 0.29) is 0 Å². The van der Waals surface area contributed by atoms with Crippen LogP contribution in [0.15, 0.2) is 34.8 Å². The van der Waals surface area contributed by atoms with Gasteiger partial charge in [0.1, 0.15) is 11.3 Å². The van der Waals surface area contributed by atoms with E-state index in [2.05, 4.69) is 0 Å². The number of benzene rings is 1. The summed E-state index contributed by atoms with van der Waals surface area (Å²) in [6.45, 7) is 3.66. The molecule has 0 radical (unpaired) electrons. The van der Waals surface area contributed by atoms with E-state index in [1.54, 1.807) is 13.0 Å². The third-order valence-corrected chi connectivity index (χ3v) is 2.70. The van der Waals surface area contributed by atoms with Gasteiger partial charge in [-0.05, 0) is 19.9 Å². The molecule has 16 heavy (non-hydrogen) atoms. The van der Waals surface area contributed by atoms with E-state index in [0.717, 1.165) is 16.5 Å². The zero-order valence-electron chi connectivity index (χ0n) is 9.27. The number of allylic oxidation sites excluding steroid dienone is 1. The first kappa shape index (κ1) is 11.0. The van der Waals surface area contributed by atoms with Crippen molar-refractivity contribution in [3.8, 4) is 0 Å². The van der Waals surface area contributed by atoms with Gasteiger partial charge in [0.05, 0.1) is 0 Å². The molecule has 2 aromatic rings. The van der Waals surface area contributed by atoms with Crippen molar-refractivity contribution < 1.29 is 14.5 Å². The Kier molecular flexibility index (Phi) is 2.85. The minimum absolute atomic E-state index is 0.397. The van der Waals surface area contributed by atoms with E-state index in [0.29, 0.717) is 11.2 Å². The van der Waals surface area contributed by atoms with Gasteiger partial charge in [-0.3, -0.25) is 0 Å². The summed E-state index contributed by atoms with van der Waals surface area (Å²) in [4.78, 5) is 0. The number of para-hydroxylation sites is 1. The Morgan fingerprint density at radius 1 is 1.31 bits per heavy atom. The third-order valence-electron chi connectivity index (χ3n) is 2.70. The van der Waals surface area contributed by atoms with E-state index in [4.69, 9.17) is 4.42 Å². The number of aryl methyl sites for hydroxylation is 1. The Balaban J connectivity index is 2.66. The van der Waals surface area contributed by atoms with Crippen molar-refractivity contribution in [1.82, 2.24) is 0 Å². The smallest absolute Gasteiger partial charge is 0.457 e. The van der Waals surface area contributed by atoms with Crippen LogP contribution in [-0.2, 0) is 0 Å². The quantitative estimate of drug-likeness (QED) is 0.756. The molecule has 0 amide bonds. The molecule has 1 heterocycles. The molecule has 2 rings (SSSR count). The zero-order chi connectivity index (χ0) is 11.7. The van der Waals surface area contributed by atoms with Crippen LogP contribution >= 0.6 is 0 Å². The van der Waals surface area contributed by atoms with Crippen LogP contribution in [0.5, 0.6) is 0 Å². The summed E-state index contributed by atoms with van der Waals surface area (Å²) in [5.41, 5.74) is 2.08. The first-order valence-electron chi connectivity index (χ1n) is 5.16. The van der Waals surface area contributed by atoms with E-state index in [9.17, 15) is 10.0 Å². The van der Waals surface area contributed by atoms with Crippen LogP contribution in [0.1, 0.15) is 18.2 Å². The standard InChI is InChI=1S/C12H13BO3/c1-3-10(13(14)15)12-8(2)9-6-4-5-7-11(9)16-12/h3-7,14-15H,1-2H3/b10-3+. The Labute approximate surface area is 94.2 Å². The van der Waals surface area contributed by atoms with Crippen LogP contribution in [0.3, 0.4) is 0 Å². The molecule has 82 valence electrons. The first-order chi connectivity index (χ1) is 7.65. The van der Waals surface area contributed by atoms with Crippen molar-refractivity contribution in [3.05, 3.63) is 41.7 Å². The molecule has 0 aliphatic carbocycles. The van der Waals surface area contributed by atoms with Crippen LogP contribution in [0.4, 0.5) is 0 Å². The predicted octanol–water partition coefficient (Wildman–Crippen LogP) is 2.16. The molecule has 2 N–H and O–H groups in total. The molecule has 1 aromatic carbocycles. The molecule has 1 aromatic heterocycles. The molecule has 0 aliphatic heterocycles. The van der Waals surface area contributed by atoms with Gasteiger partial charge in [-0.25, -0.2) is 0 Å². The fraction of sp³-hybridized carbons (Fsp3) is 0.167. The average Bonchev–Trinajstić information content (AvgIpc) is 2.58. The van der Waals surface area contributed by atoms with Gasteiger partial charge in [0, 0.05) is 16.4 Å². The highest BCUT2D eigenvalue weighted by Crippen LogP contribution is 2.30. The Morgan fingerprint density at radius 3 is 2.56 bits per heavy atom. The van der Waals surface area contributed by atoms with Crippen LogP contribution in [-0.4, -0.2) is 17.2 Å². The van der Waals surface area contributed by atoms with Gasteiger partial charge >= 0.3 is 7.12 Å². The predicted molar refractivity (Wildman–Crippen MR) is 64.8 cm³/mol. The number of rotatable bonds is 2.